The number of pyridine rings is 1. The van der Waals surface area contributed by atoms with E-state index in [-0.39, 0.29) is 10.6 Å². The standard InChI is InChI=1S/C17H12N2O4/c20-19(21)15-10-14(18-13-4-2-1-3-12(13)15)11-5-6-16-17(9-11)23-8-7-22-16/h1-6,9-10H,7-8H2. The van der Waals surface area contributed by atoms with Crippen LogP contribution in [0.3, 0.4) is 0 Å². The van der Waals surface area contributed by atoms with Crippen LogP contribution in [0.1, 0.15) is 0 Å². The van der Waals surface area contributed by atoms with Gasteiger partial charge in [-0.2, -0.15) is 0 Å². The Morgan fingerprint density at radius 3 is 2.61 bits per heavy atom. The summed E-state index contributed by atoms with van der Waals surface area (Å²) in [7, 11) is 0. The first-order valence-corrected chi connectivity index (χ1v) is 7.16. The molecule has 23 heavy (non-hydrogen) atoms. The van der Waals surface area contributed by atoms with Crippen LogP contribution < -0.4 is 9.47 Å². The van der Waals surface area contributed by atoms with E-state index in [2.05, 4.69) is 4.98 Å². The fraction of sp³-hybridized carbons (Fsp3) is 0.118. The molecule has 0 radical (unpaired) electrons. The molecule has 1 aliphatic rings. The van der Waals surface area contributed by atoms with Crippen LogP contribution in [0.2, 0.25) is 0 Å². The van der Waals surface area contributed by atoms with E-state index in [4.69, 9.17) is 9.47 Å². The van der Waals surface area contributed by atoms with Crippen LogP contribution in [-0.4, -0.2) is 23.1 Å². The van der Waals surface area contributed by atoms with Gasteiger partial charge in [-0.25, -0.2) is 4.98 Å². The minimum absolute atomic E-state index is 0.0421. The second-order valence-electron chi connectivity index (χ2n) is 5.16. The van der Waals surface area contributed by atoms with Gasteiger partial charge in [0.05, 0.1) is 21.5 Å². The van der Waals surface area contributed by atoms with E-state index in [9.17, 15) is 10.1 Å². The third kappa shape index (κ3) is 2.34. The van der Waals surface area contributed by atoms with Crippen LogP contribution in [0.25, 0.3) is 22.2 Å². The summed E-state index contributed by atoms with van der Waals surface area (Å²) in [6.07, 6.45) is 0. The van der Waals surface area contributed by atoms with Crippen LogP contribution in [-0.2, 0) is 0 Å². The lowest BCUT2D eigenvalue weighted by Crippen LogP contribution is -2.15. The lowest BCUT2D eigenvalue weighted by Gasteiger charge is -2.18. The lowest BCUT2D eigenvalue weighted by molar-refractivity contribution is -0.383. The van der Waals surface area contributed by atoms with Crippen molar-refractivity contribution < 1.29 is 14.4 Å². The molecule has 0 atom stereocenters. The Labute approximate surface area is 131 Å². The monoisotopic (exact) mass is 308 g/mol. The highest BCUT2D eigenvalue weighted by molar-refractivity contribution is 5.90. The Hall–Kier alpha value is -3.15. The third-order valence-electron chi connectivity index (χ3n) is 3.73. The van der Waals surface area contributed by atoms with Gasteiger partial charge in [-0.1, -0.05) is 12.1 Å². The van der Waals surface area contributed by atoms with Crippen molar-refractivity contribution in [2.24, 2.45) is 0 Å². The van der Waals surface area contributed by atoms with E-state index in [0.717, 1.165) is 5.56 Å². The maximum atomic E-state index is 11.4. The molecule has 0 saturated heterocycles. The summed E-state index contributed by atoms with van der Waals surface area (Å²) in [4.78, 5) is 15.5. The summed E-state index contributed by atoms with van der Waals surface area (Å²) in [5.41, 5.74) is 1.92. The predicted molar refractivity (Wildman–Crippen MR) is 84.8 cm³/mol. The molecule has 6 heteroatoms. The van der Waals surface area contributed by atoms with Crippen molar-refractivity contribution in [3.63, 3.8) is 0 Å². The molecule has 1 aromatic heterocycles. The Balaban J connectivity index is 1.90. The Bertz CT molecular complexity index is 924. The molecule has 0 N–H and O–H groups in total. The summed E-state index contributed by atoms with van der Waals surface area (Å²) in [5.74, 6) is 1.31. The lowest BCUT2D eigenvalue weighted by atomic mass is 10.1. The van der Waals surface area contributed by atoms with Gasteiger partial charge in [0.1, 0.15) is 13.2 Å². The minimum atomic E-state index is -0.383. The van der Waals surface area contributed by atoms with Gasteiger partial charge in [-0.3, -0.25) is 10.1 Å². The minimum Gasteiger partial charge on any atom is -0.486 e. The molecule has 0 unspecified atom stereocenters. The highest BCUT2D eigenvalue weighted by atomic mass is 16.6. The van der Waals surface area contributed by atoms with Crippen molar-refractivity contribution in [2.45, 2.75) is 0 Å². The molecule has 114 valence electrons. The number of hydrogen-bond donors (Lipinski definition) is 0. The fourth-order valence-corrected chi connectivity index (χ4v) is 2.66. The molecule has 2 heterocycles. The van der Waals surface area contributed by atoms with E-state index in [1.165, 1.54) is 6.07 Å². The van der Waals surface area contributed by atoms with Crippen LogP contribution in [0.15, 0.2) is 48.5 Å². The smallest absolute Gasteiger partial charge is 0.280 e. The molecule has 0 fully saturated rings. The third-order valence-corrected chi connectivity index (χ3v) is 3.73. The summed E-state index contributed by atoms with van der Waals surface area (Å²) < 4.78 is 11.1. The highest BCUT2D eigenvalue weighted by Crippen LogP contribution is 2.36. The second-order valence-corrected chi connectivity index (χ2v) is 5.16. The first-order valence-electron chi connectivity index (χ1n) is 7.16. The highest BCUT2D eigenvalue weighted by Gasteiger charge is 2.18. The Morgan fingerprint density at radius 2 is 1.78 bits per heavy atom. The summed E-state index contributed by atoms with van der Waals surface area (Å²) in [5, 5.41) is 11.9. The van der Waals surface area contributed by atoms with Gasteiger partial charge in [0, 0.05) is 11.6 Å². The molecular formula is C17H12N2O4. The molecule has 0 bridgehead atoms. The van der Waals surface area contributed by atoms with Gasteiger partial charge in [-0.15, -0.1) is 0 Å². The number of nitro groups is 1. The molecule has 6 nitrogen and oxygen atoms in total. The molecule has 4 rings (SSSR count). The number of para-hydroxylation sites is 1. The molecule has 2 aromatic carbocycles. The van der Waals surface area contributed by atoms with Crippen LogP contribution in [0.5, 0.6) is 11.5 Å². The van der Waals surface area contributed by atoms with Gasteiger partial charge in [0.2, 0.25) is 0 Å². The van der Waals surface area contributed by atoms with Gasteiger partial charge < -0.3 is 9.47 Å². The number of aromatic nitrogens is 1. The number of ether oxygens (including phenoxy) is 2. The SMILES string of the molecule is O=[N+]([O-])c1cc(-c2ccc3c(c2)OCCO3)nc2ccccc12. The van der Waals surface area contributed by atoms with E-state index in [0.29, 0.717) is 41.3 Å². The topological polar surface area (TPSA) is 74.5 Å². The van der Waals surface area contributed by atoms with Gasteiger partial charge >= 0.3 is 0 Å². The number of nitrogens with zero attached hydrogens (tertiary/aromatic N) is 2. The van der Waals surface area contributed by atoms with Crippen LogP contribution in [0.4, 0.5) is 5.69 Å². The zero-order valence-electron chi connectivity index (χ0n) is 12.1. The normalized spacial score (nSPS) is 13.0. The molecule has 0 aliphatic carbocycles. The Morgan fingerprint density at radius 1 is 1.00 bits per heavy atom. The van der Waals surface area contributed by atoms with E-state index < -0.39 is 0 Å². The Kier molecular flexibility index (Phi) is 3.08. The van der Waals surface area contributed by atoms with Crippen molar-refractivity contribution in [2.75, 3.05) is 13.2 Å². The summed E-state index contributed by atoms with van der Waals surface area (Å²) >= 11 is 0. The number of benzene rings is 2. The van der Waals surface area contributed by atoms with Gasteiger partial charge in [0.15, 0.2) is 11.5 Å². The zero-order valence-corrected chi connectivity index (χ0v) is 12.1. The fourth-order valence-electron chi connectivity index (χ4n) is 2.66. The van der Waals surface area contributed by atoms with E-state index in [1.807, 2.05) is 12.1 Å². The van der Waals surface area contributed by atoms with Crippen molar-refractivity contribution in [1.29, 1.82) is 0 Å². The van der Waals surface area contributed by atoms with Crippen LogP contribution >= 0.6 is 0 Å². The predicted octanol–water partition coefficient (Wildman–Crippen LogP) is 3.58. The first-order chi connectivity index (χ1) is 11.2. The van der Waals surface area contributed by atoms with Crippen molar-refractivity contribution in [3.8, 4) is 22.8 Å². The first kappa shape index (κ1) is 13.5. The molecular weight excluding hydrogens is 296 g/mol. The van der Waals surface area contributed by atoms with Crippen LogP contribution in [0, 0.1) is 10.1 Å². The average Bonchev–Trinajstić information content (AvgIpc) is 2.60. The molecule has 0 saturated carbocycles. The maximum absolute atomic E-state index is 11.4. The summed E-state index contributed by atoms with van der Waals surface area (Å²) in [6.45, 7) is 1.01. The van der Waals surface area contributed by atoms with Crippen molar-refractivity contribution in [1.82, 2.24) is 4.98 Å². The largest absolute Gasteiger partial charge is 0.486 e. The quantitative estimate of drug-likeness (QED) is 0.534. The molecule has 0 spiro atoms. The maximum Gasteiger partial charge on any atom is 0.280 e. The summed E-state index contributed by atoms with van der Waals surface area (Å²) in [6, 6.07) is 14.0. The second kappa shape index (κ2) is 5.24. The number of hydrogen-bond acceptors (Lipinski definition) is 5. The number of rotatable bonds is 2. The zero-order chi connectivity index (χ0) is 15.8. The molecule has 3 aromatic rings. The molecule has 0 amide bonds. The van der Waals surface area contributed by atoms with Gasteiger partial charge in [0.25, 0.3) is 5.69 Å². The number of fused-ring (bicyclic) bond motifs is 2. The molecule has 1 aliphatic heterocycles. The van der Waals surface area contributed by atoms with Gasteiger partial charge in [-0.05, 0) is 30.3 Å². The van der Waals surface area contributed by atoms with E-state index in [1.54, 1.807) is 30.3 Å². The van der Waals surface area contributed by atoms with Crippen molar-refractivity contribution >= 4 is 16.6 Å². The average molecular weight is 308 g/mol. The van der Waals surface area contributed by atoms with Crippen molar-refractivity contribution in [3.05, 3.63) is 58.6 Å². The van der Waals surface area contributed by atoms with E-state index >= 15 is 0 Å².